The molecule has 1 aliphatic heterocycles. The molecule has 4 aromatic rings. The number of anilines is 1. The molecule has 4 nitrogen and oxygen atoms in total. The van der Waals surface area contributed by atoms with Crippen molar-refractivity contribution in [3.8, 4) is 5.69 Å². The fourth-order valence-electron chi connectivity index (χ4n) is 4.22. The predicted molar refractivity (Wildman–Crippen MR) is 130 cm³/mol. The normalized spacial score (nSPS) is 18.1. The van der Waals surface area contributed by atoms with E-state index in [9.17, 15) is 4.39 Å². The third-order valence-electron chi connectivity index (χ3n) is 5.64. The first-order valence-corrected chi connectivity index (χ1v) is 11.0. The maximum absolute atomic E-state index is 13.8. The fourth-order valence-corrected chi connectivity index (χ4v) is 4.74. The Morgan fingerprint density at radius 2 is 1.88 bits per heavy atom. The van der Waals surface area contributed by atoms with Crippen molar-refractivity contribution in [2.45, 2.75) is 19.0 Å². The van der Waals surface area contributed by atoms with Crippen LogP contribution in [0.25, 0.3) is 5.69 Å². The van der Waals surface area contributed by atoms with Crippen LogP contribution >= 0.6 is 23.8 Å². The number of aromatic nitrogens is 2. The Hall–Kier alpha value is -3.22. The number of halogens is 2. The zero-order valence-corrected chi connectivity index (χ0v) is 18.8. The van der Waals surface area contributed by atoms with Crippen LogP contribution in [0.1, 0.15) is 29.0 Å². The molecule has 1 aliphatic rings. The number of nitrogens with zero attached hydrogens (tertiary/aromatic N) is 3. The number of thiocarbonyl (C=S) groups is 1. The molecule has 0 spiro atoms. The third kappa shape index (κ3) is 3.66. The summed E-state index contributed by atoms with van der Waals surface area (Å²) in [6, 6.07) is 22.5. The monoisotopic (exact) mass is 462 g/mol. The lowest BCUT2D eigenvalue weighted by Crippen LogP contribution is -2.30. The summed E-state index contributed by atoms with van der Waals surface area (Å²) in [4.78, 5) is 6.72. The van der Waals surface area contributed by atoms with Gasteiger partial charge in [0.25, 0.3) is 0 Å². The second-order valence-electron chi connectivity index (χ2n) is 7.74. The Kier molecular flexibility index (Phi) is 5.41. The number of nitrogens with one attached hydrogen (secondary N) is 1. The van der Waals surface area contributed by atoms with Crippen molar-refractivity contribution in [3.05, 3.63) is 113 Å². The second-order valence-corrected chi connectivity index (χ2v) is 8.53. The Labute approximate surface area is 196 Å². The van der Waals surface area contributed by atoms with Crippen LogP contribution in [0.15, 0.2) is 85.2 Å². The molecule has 0 unspecified atom stereocenters. The molecule has 0 radical (unpaired) electrons. The van der Waals surface area contributed by atoms with Gasteiger partial charge in [0.15, 0.2) is 5.11 Å². The maximum atomic E-state index is 13.8. The topological polar surface area (TPSA) is 33.1 Å². The van der Waals surface area contributed by atoms with E-state index in [1.54, 1.807) is 18.3 Å². The molecule has 1 fully saturated rings. The van der Waals surface area contributed by atoms with E-state index in [0.717, 1.165) is 28.3 Å². The summed E-state index contributed by atoms with van der Waals surface area (Å²) in [5.74, 6) is -0.444. The first-order valence-electron chi connectivity index (χ1n) is 10.2. The molecule has 2 aromatic heterocycles. The Morgan fingerprint density at radius 1 is 1.00 bits per heavy atom. The van der Waals surface area contributed by atoms with Crippen molar-refractivity contribution in [2.24, 2.45) is 0 Å². The van der Waals surface area contributed by atoms with E-state index in [-0.39, 0.29) is 17.1 Å². The average molecular weight is 463 g/mol. The van der Waals surface area contributed by atoms with Gasteiger partial charge in [0.05, 0.1) is 16.8 Å². The first kappa shape index (κ1) is 20.7. The fraction of sp³-hybridized carbons (Fsp3) is 0.120. The molecule has 0 aliphatic carbocycles. The highest BCUT2D eigenvalue weighted by molar-refractivity contribution is 7.80. The highest BCUT2D eigenvalue weighted by Gasteiger charge is 2.42. The highest BCUT2D eigenvalue weighted by atomic mass is 35.5. The van der Waals surface area contributed by atoms with Gasteiger partial charge in [0, 0.05) is 29.5 Å². The highest BCUT2D eigenvalue weighted by Crippen LogP contribution is 2.42. The molecule has 1 saturated heterocycles. The lowest BCUT2D eigenvalue weighted by molar-refractivity contribution is 0.549. The minimum atomic E-state index is -0.444. The maximum Gasteiger partial charge on any atom is 0.174 e. The Bertz CT molecular complexity index is 1290. The molecule has 1 N–H and O–H groups in total. The van der Waals surface area contributed by atoms with Gasteiger partial charge < -0.3 is 14.8 Å². The molecular formula is C25H20ClFN4S. The van der Waals surface area contributed by atoms with Crippen LogP contribution in [-0.4, -0.2) is 14.7 Å². The Balaban J connectivity index is 1.68. The van der Waals surface area contributed by atoms with Gasteiger partial charge in [-0.1, -0.05) is 29.8 Å². The molecule has 2 aromatic carbocycles. The zero-order chi connectivity index (χ0) is 22.2. The van der Waals surface area contributed by atoms with Crippen LogP contribution in [-0.2, 0) is 0 Å². The molecule has 0 bridgehead atoms. The van der Waals surface area contributed by atoms with E-state index < -0.39 is 5.82 Å². The number of hydrogen-bond donors (Lipinski definition) is 1. The van der Waals surface area contributed by atoms with Crippen molar-refractivity contribution < 1.29 is 4.39 Å². The molecule has 32 heavy (non-hydrogen) atoms. The van der Waals surface area contributed by atoms with Crippen molar-refractivity contribution >= 4 is 34.6 Å². The van der Waals surface area contributed by atoms with Crippen LogP contribution in [0.5, 0.6) is 0 Å². The van der Waals surface area contributed by atoms with Gasteiger partial charge in [-0.05, 0) is 79.3 Å². The second kappa shape index (κ2) is 8.37. The summed E-state index contributed by atoms with van der Waals surface area (Å²) in [6.07, 6.45) is 3.73. The molecule has 0 amide bonds. The lowest BCUT2D eigenvalue weighted by atomic mass is 10.0. The van der Waals surface area contributed by atoms with Crippen LogP contribution in [0.4, 0.5) is 10.1 Å². The summed E-state index contributed by atoms with van der Waals surface area (Å²) in [5.41, 5.74) is 4.79. The lowest BCUT2D eigenvalue weighted by Gasteiger charge is -2.29. The SMILES string of the molecule is Cc1cccc(N2C(=S)N[C@@H](c3ccccn3)[C@@H]2c2cccn2-c2ccc(F)c(Cl)c2)c1. The molecule has 160 valence electrons. The standard InChI is InChI=1S/C25H20ClFN4S/c1-16-6-4-7-18(14-16)31-24(23(29-25(31)32)21-8-2-3-12-28-21)22-9-5-13-30(22)17-10-11-20(27)19(26)15-17/h2-15,23-24H,1H3,(H,29,32)/t23-,24-/m0/s1. The van der Waals surface area contributed by atoms with E-state index in [0.29, 0.717) is 5.11 Å². The van der Waals surface area contributed by atoms with E-state index in [4.69, 9.17) is 23.8 Å². The minimum absolute atomic E-state index is 0.0824. The van der Waals surface area contributed by atoms with Gasteiger partial charge in [-0.2, -0.15) is 0 Å². The molecule has 5 rings (SSSR count). The van der Waals surface area contributed by atoms with Gasteiger partial charge in [-0.15, -0.1) is 0 Å². The van der Waals surface area contributed by atoms with E-state index in [1.165, 1.54) is 6.07 Å². The Morgan fingerprint density at radius 3 is 2.62 bits per heavy atom. The number of rotatable bonds is 4. The molecular weight excluding hydrogens is 443 g/mol. The van der Waals surface area contributed by atoms with Gasteiger partial charge in [-0.25, -0.2) is 4.39 Å². The van der Waals surface area contributed by atoms with Gasteiger partial charge in [0.1, 0.15) is 11.9 Å². The summed E-state index contributed by atoms with van der Waals surface area (Å²) in [6.45, 7) is 2.06. The molecule has 0 saturated carbocycles. The van der Waals surface area contributed by atoms with Crippen molar-refractivity contribution in [1.29, 1.82) is 0 Å². The number of benzene rings is 2. The zero-order valence-electron chi connectivity index (χ0n) is 17.2. The summed E-state index contributed by atoms with van der Waals surface area (Å²) < 4.78 is 15.8. The van der Waals surface area contributed by atoms with E-state index in [2.05, 4.69) is 46.4 Å². The largest absolute Gasteiger partial charge is 0.351 e. The summed E-state index contributed by atoms with van der Waals surface area (Å²) >= 11 is 11.9. The van der Waals surface area contributed by atoms with Crippen molar-refractivity contribution in [1.82, 2.24) is 14.9 Å². The molecule has 7 heteroatoms. The summed E-state index contributed by atoms with van der Waals surface area (Å²) in [5, 5.41) is 4.18. The van der Waals surface area contributed by atoms with Gasteiger partial charge in [0.2, 0.25) is 0 Å². The predicted octanol–water partition coefficient (Wildman–Crippen LogP) is 6.15. The van der Waals surface area contributed by atoms with Crippen LogP contribution in [0.2, 0.25) is 5.02 Å². The third-order valence-corrected chi connectivity index (χ3v) is 6.25. The van der Waals surface area contributed by atoms with Crippen LogP contribution < -0.4 is 10.2 Å². The minimum Gasteiger partial charge on any atom is -0.351 e. The van der Waals surface area contributed by atoms with Crippen molar-refractivity contribution in [3.63, 3.8) is 0 Å². The molecule has 2 atom stereocenters. The first-order chi connectivity index (χ1) is 15.5. The van der Waals surface area contributed by atoms with Crippen LogP contribution in [0, 0.1) is 12.7 Å². The van der Waals surface area contributed by atoms with Gasteiger partial charge in [-0.3, -0.25) is 4.98 Å². The number of pyridine rings is 1. The molecule has 3 heterocycles. The van der Waals surface area contributed by atoms with Gasteiger partial charge >= 0.3 is 0 Å². The number of aryl methyl sites for hydroxylation is 1. The number of hydrogen-bond acceptors (Lipinski definition) is 2. The van der Waals surface area contributed by atoms with Crippen molar-refractivity contribution in [2.75, 3.05) is 4.90 Å². The quantitative estimate of drug-likeness (QED) is 0.369. The van der Waals surface area contributed by atoms with E-state index >= 15 is 0 Å². The van der Waals surface area contributed by atoms with E-state index in [1.807, 2.05) is 41.1 Å². The van der Waals surface area contributed by atoms with Crippen LogP contribution in [0.3, 0.4) is 0 Å². The smallest absolute Gasteiger partial charge is 0.174 e. The average Bonchev–Trinajstić information content (AvgIpc) is 3.40. The summed E-state index contributed by atoms with van der Waals surface area (Å²) in [7, 11) is 0.